The minimum absolute atomic E-state index is 0.147. The molecule has 0 aliphatic carbocycles. The summed E-state index contributed by atoms with van der Waals surface area (Å²) in [5.74, 6) is 0.941. The molecule has 1 atom stereocenters. The Morgan fingerprint density at radius 1 is 1.18 bits per heavy atom. The molecule has 0 aromatic rings. The zero-order valence-corrected chi connectivity index (χ0v) is 13.8. The summed E-state index contributed by atoms with van der Waals surface area (Å²) in [6.45, 7) is 9.53. The Labute approximate surface area is 131 Å². The van der Waals surface area contributed by atoms with Gasteiger partial charge in [-0.2, -0.15) is 13.2 Å². The van der Waals surface area contributed by atoms with E-state index in [1.165, 1.54) is 12.8 Å². The molecule has 1 unspecified atom stereocenters. The normalized spacial score (nSPS) is 18.8. The van der Waals surface area contributed by atoms with Crippen LogP contribution in [0.3, 0.4) is 0 Å². The van der Waals surface area contributed by atoms with Gasteiger partial charge in [0.2, 0.25) is 0 Å². The molecule has 2 N–H and O–H groups in total. The number of rotatable bonds is 7. The molecule has 22 heavy (non-hydrogen) atoms. The van der Waals surface area contributed by atoms with Gasteiger partial charge in [0, 0.05) is 19.1 Å². The lowest BCUT2D eigenvalue weighted by Gasteiger charge is -2.29. The van der Waals surface area contributed by atoms with E-state index in [9.17, 15) is 13.2 Å². The van der Waals surface area contributed by atoms with Crippen molar-refractivity contribution in [3.8, 4) is 0 Å². The minimum atomic E-state index is -4.14. The fraction of sp³-hybridized carbons (Fsp3) is 0.933. The van der Waals surface area contributed by atoms with Crippen LogP contribution in [-0.2, 0) is 0 Å². The highest BCUT2D eigenvalue weighted by Crippen LogP contribution is 2.19. The number of guanidine groups is 1. The third-order valence-electron chi connectivity index (χ3n) is 3.86. The summed E-state index contributed by atoms with van der Waals surface area (Å²) < 4.78 is 36.6. The Hall–Kier alpha value is -0.980. The number of nitrogens with one attached hydrogen (secondary N) is 2. The first-order valence-electron chi connectivity index (χ1n) is 8.16. The zero-order valence-electron chi connectivity index (χ0n) is 13.8. The number of halogens is 3. The van der Waals surface area contributed by atoms with Crippen LogP contribution < -0.4 is 10.6 Å². The Bertz CT molecular complexity index is 336. The van der Waals surface area contributed by atoms with Crippen LogP contribution in [0, 0.1) is 5.92 Å². The number of hydrogen-bond donors (Lipinski definition) is 2. The Morgan fingerprint density at radius 3 is 2.32 bits per heavy atom. The van der Waals surface area contributed by atoms with Crippen molar-refractivity contribution in [1.82, 2.24) is 15.5 Å². The molecule has 1 heterocycles. The molecule has 0 radical (unpaired) electrons. The smallest absolute Gasteiger partial charge is 0.357 e. The average Bonchev–Trinajstić information content (AvgIpc) is 2.90. The molecule has 1 aliphatic heterocycles. The van der Waals surface area contributed by atoms with Crippen LogP contribution in [-0.4, -0.2) is 55.8 Å². The van der Waals surface area contributed by atoms with Crippen LogP contribution in [0.4, 0.5) is 13.2 Å². The monoisotopic (exact) mass is 322 g/mol. The second kappa shape index (κ2) is 9.22. The molecule has 0 bridgehead atoms. The molecule has 1 saturated heterocycles. The van der Waals surface area contributed by atoms with E-state index in [-0.39, 0.29) is 6.54 Å². The largest absolute Gasteiger partial charge is 0.390 e. The first-order valence-corrected chi connectivity index (χ1v) is 8.16. The van der Waals surface area contributed by atoms with Crippen LogP contribution in [0.2, 0.25) is 0 Å². The zero-order chi connectivity index (χ0) is 16.6. The highest BCUT2D eigenvalue weighted by atomic mass is 19.4. The van der Waals surface area contributed by atoms with Crippen molar-refractivity contribution in [2.75, 3.05) is 32.7 Å². The summed E-state index contributed by atoms with van der Waals surface area (Å²) in [6.07, 6.45) is -2.55. The number of nitrogens with zero attached hydrogens (tertiary/aromatic N) is 2. The van der Waals surface area contributed by atoms with E-state index in [2.05, 4.69) is 34.4 Å². The van der Waals surface area contributed by atoms with E-state index < -0.39 is 12.6 Å². The lowest BCUT2D eigenvalue weighted by Crippen LogP contribution is -2.42. The van der Waals surface area contributed by atoms with Crippen molar-refractivity contribution < 1.29 is 13.2 Å². The topological polar surface area (TPSA) is 39.7 Å². The van der Waals surface area contributed by atoms with Gasteiger partial charge in [0.25, 0.3) is 0 Å². The molecular weight excluding hydrogens is 293 g/mol. The maximum absolute atomic E-state index is 12.2. The van der Waals surface area contributed by atoms with E-state index in [1.54, 1.807) is 0 Å². The molecule has 0 amide bonds. The summed E-state index contributed by atoms with van der Waals surface area (Å²) in [7, 11) is 0. The molecule has 130 valence electrons. The predicted molar refractivity (Wildman–Crippen MR) is 84.1 cm³/mol. The average molecular weight is 322 g/mol. The summed E-state index contributed by atoms with van der Waals surface area (Å²) in [6, 6.07) is 0.348. The quantitative estimate of drug-likeness (QED) is 0.559. The Balaban J connectivity index is 2.54. The van der Waals surface area contributed by atoms with Crippen molar-refractivity contribution in [1.29, 1.82) is 0 Å². The number of hydrogen-bond acceptors (Lipinski definition) is 2. The molecule has 1 rings (SSSR count). The van der Waals surface area contributed by atoms with Gasteiger partial charge in [0.05, 0.1) is 13.0 Å². The van der Waals surface area contributed by atoms with Crippen LogP contribution in [0.5, 0.6) is 0 Å². The van der Waals surface area contributed by atoms with E-state index >= 15 is 0 Å². The Morgan fingerprint density at radius 2 is 1.82 bits per heavy atom. The van der Waals surface area contributed by atoms with Gasteiger partial charge in [-0.1, -0.05) is 13.8 Å². The van der Waals surface area contributed by atoms with Crippen molar-refractivity contribution in [3.63, 3.8) is 0 Å². The third kappa shape index (κ3) is 7.33. The van der Waals surface area contributed by atoms with E-state index in [0.29, 0.717) is 31.0 Å². The maximum atomic E-state index is 12.2. The first-order chi connectivity index (χ1) is 10.3. The molecular formula is C15H29F3N4. The van der Waals surface area contributed by atoms with Gasteiger partial charge in [-0.05, 0) is 38.8 Å². The van der Waals surface area contributed by atoms with E-state index in [4.69, 9.17) is 0 Å². The molecule has 0 saturated carbocycles. The van der Waals surface area contributed by atoms with Crippen LogP contribution in [0.25, 0.3) is 0 Å². The molecule has 1 fully saturated rings. The molecule has 1 aliphatic rings. The highest BCUT2D eigenvalue weighted by molar-refractivity contribution is 5.79. The van der Waals surface area contributed by atoms with Gasteiger partial charge in [0.1, 0.15) is 0 Å². The van der Waals surface area contributed by atoms with E-state index in [1.807, 2.05) is 6.92 Å². The van der Waals surface area contributed by atoms with Gasteiger partial charge >= 0.3 is 6.18 Å². The SMILES string of the molecule is CCNC(=NCC(C(C)C)N1CCCC1)NCCC(F)(F)F. The summed E-state index contributed by atoms with van der Waals surface area (Å²) in [5, 5.41) is 5.77. The second-order valence-corrected chi connectivity index (χ2v) is 6.07. The van der Waals surface area contributed by atoms with Crippen LogP contribution >= 0.6 is 0 Å². The van der Waals surface area contributed by atoms with Crippen molar-refractivity contribution in [2.45, 2.75) is 52.3 Å². The minimum Gasteiger partial charge on any atom is -0.357 e. The van der Waals surface area contributed by atoms with E-state index in [0.717, 1.165) is 13.1 Å². The van der Waals surface area contributed by atoms with Gasteiger partial charge in [0.15, 0.2) is 5.96 Å². The summed E-state index contributed by atoms with van der Waals surface area (Å²) in [4.78, 5) is 6.92. The Kier molecular flexibility index (Phi) is 8.00. The van der Waals surface area contributed by atoms with Crippen molar-refractivity contribution >= 4 is 5.96 Å². The number of aliphatic imine (C=N–C) groups is 1. The predicted octanol–water partition coefficient (Wildman–Crippen LogP) is 2.61. The van der Waals surface area contributed by atoms with Crippen LogP contribution in [0.1, 0.15) is 40.0 Å². The van der Waals surface area contributed by atoms with Crippen molar-refractivity contribution in [2.24, 2.45) is 10.9 Å². The van der Waals surface area contributed by atoms with Gasteiger partial charge in [-0.15, -0.1) is 0 Å². The molecule has 0 spiro atoms. The second-order valence-electron chi connectivity index (χ2n) is 6.07. The third-order valence-corrected chi connectivity index (χ3v) is 3.86. The molecule has 7 heteroatoms. The number of alkyl halides is 3. The van der Waals surface area contributed by atoms with Gasteiger partial charge in [-0.3, -0.25) is 9.89 Å². The molecule has 0 aromatic heterocycles. The van der Waals surface area contributed by atoms with Gasteiger partial charge in [-0.25, -0.2) is 0 Å². The fourth-order valence-corrected chi connectivity index (χ4v) is 2.67. The number of likely N-dealkylation sites (tertiary alicyclic amines) is 1. The van der Waals surface area contributed by atoms with Crippen molar-refractivity contribution in [3.05, 3.63) is 0 Å². The highest BCUT2D eigenvalue weighted by Gasteiger charge is 2.27. The lowest BCUT2D eigenvalue weighted by molar-refractivity contribution is -0.132. The maximum Gasteiger partial charge on any atom is 0.390 e. The lowest BCUT2D eigenvalue weighted by atomic mass is 10.0. The standard InChI is InChI=1S/C15H29F3N4/c1-4-19-14(20-8-7-15(16,17)18)21-11-13(12(2)3)22-9-5-6-10-22/h12-13H,4-11H2,1-3H3,(H2,19,20,21). The molecule has 4 nitrogen and oxygen atoms in total. The summed E-state index contributed by atoms with van der Waals surface area (Å²) >= 11 is 0. The van der Waals surface area contributed by atoms with Crippen LogP contribution in [0.15, 0.2) is 4.99 Å². The summed E-state index contributed by atoms with van der Waals surface area (Å²) in [5.41, 5.74) is 0. The fourth-order valence-electron chi connectivity index (χ4n) is 2.67. The molecule has 0 aromatic carbocycles. The first kappa shape index (κ1) is 19.1. The van der Waals surface area contributed by atoms with Gasteiger partial charge < -0.3 is 10.6 Å².